The molecule has 1 amide bonds. The van der Waals surface area contributed by atoms with Crippen LogP contribution in [0.4, 0.5) is 10.1 Å². The van der Waals surface area contributed by atoms with Gasteiger partial charge in [0.05, 0.1) is 14.2 Å². The molecule has 2 rings (SSSR count). The van der Waals surface area contributed by atoms with Gasteiger partial charge >= 0.3 is 0 Å². The number of benzene rings is 2. The van der Waals surface area contributed by atoms with Gasteiger partial charge in [0, 0.05) is 11.3 Å². The second-order valence-corrected chi connectivity index (χ2v) is 6.49. The van der Waals surface area contributed by atoms with Crippen LogP contribution >= 0.6 is 0 Å². The Hall–Kier alpha value is -2.40. The highest BCUT2D eigenvalue weighted by Gasteiger charge is 2.15. The molecule has 26 heavy (non-hydrogen) atoms. The Morgan fingerprint density at radius 3 is 2.35 bits per heavy atom. The van der Waals surface area contributed by atoms with E-state index in [1.54, 1.807) is 6.07 Å². The zero-order valence-corrected chi connectivity index (χ0v) is 16.0. The Morgan fingerprint density at radius 1 is 1.15 bits per heavy atom. The lowest BCUT2D eigenvalue weighted by Gasteiger charge is -2.17. The number of carbonyl (C=O) groups is 1. The van der Waals surface area contributed by atoms with Crippen molar-refractivity contribution in [1.29, 1.82) is 0 Å². The van der Waals surface area contributed by atoms with Crippen LogP contribution in [0.25, 0.3) is 0 Å². The molecule has 140 valence electrons. The quantitative estimate of drug-likeness (QED) is 0.761. The highest BCUT2D eigenvalue weighted by molar-refractivity contribution is 5.93. The summed E-state index contributed by atoms with van der Waals surface area (Å²) in [4.78, 5) is 13.5. The maximum Gasteiger partial charge on any atom is 0.279 e. The Morgan fingerprint density at radius 2 is 1.81 bits per heavy atom. The van der Waals surface area contributed by atoms with Crippen LogP contribution in [-0.4, -0.2) is 26.6 Å². The first kappa shape index (κ1) is 19.9. The number of hydrogen-bond donors (Lipinski definition) is 2. The molecular weight excluding hydrogens is 331 g/mol. The predicted octanol–water partition coefficient (Wildman–Crippen LogP) is 2.61. The second-order valence-electron chi connectivity index (χ2n) is 6.49. The summed E-state index contributed by atoms with van der Waals surface area (Å²) in [6, 6.07) is 11.0. The minimum absolute atomic E-state index is 0.0351. The number of methoxy groups -OCH3 is 1. The Balaban J connectivity index is 2.01. The first-order valence-electron chi connectivity index (χ1n) is 9.02. The number of quaternary nitrogens is 1. The Bertz CT molecular complexity index is 739. The molecule has 0 saturated carbocycles. The number of amides is 1. The van der Waals surface area contributed by atoms with Crippen LogP contribution in [0.1, 0.15) is 30.5 Å². The lowest BCUT2D eigenvalue weighted by molar-refractivity contribution is -0.885. The zero-order valence-electron chi connectivity index (χ0n) is 16.0. The van der Waals surface area contributed by atoms with Gasteiger partial charge in [0.1, 0.15) is 6.54 Å². The third-order valence-electron chi connectivity index (χ3n) is 4.45. The van der Waals surface area contributed by atoms with E-state index < -0.39 is 0 Å². The number of halogens is 1. The second kappa shape index (κ2) is 9.34. The molecule has 0 bridgehead atoms. The van der Waals surface area contributed by atoms with Gasteiger partial charge in [0.2, 0.25) is 0 Å². The molecule has 0 radical (unpaired) electrons. The van der Waals surface area contributed by atoms with Gasteiger partial charge in [0.15, 0.2) is 18.1 Å². The molecule has 0 heterocycles. The number of ether oxygens (including phenoxy) is 1. The SMILES string of the molecule is CCc1cccc(CC)c1NC(=O)C[NH+](C)Cc1ccc(OC)c(F)c1. The standard InChI is InChI=1S/C21H27FN2O2/c1-5-16-8-7-9-17(6-2)21(16)23-20(25)14-24(3)13-15-10-11-19(26-4)18(22)12-15/h7-12H,5-6,13-14H2,1-4H3,(H,23,25)/p+1. The first-order chi connectivity index (χ1) is 12.5. The first-order valence-corrected chi connectivity index (χ1v) is 9.02. The van der Waals surface area contributed by atoms with Crippen LogP contribution in [0.2, 0.25) is 0 Å². The summed E-state index contributed by atoms with van der Waals surface area (Å²) in [5.41, 5.74) is 4.06. The number of anilines is 1. The van der Waals surface area contributed by atoms with Crippen LogP contribution in [-0.2, 0) is 24.2 Å². The van der Waals surface area contributed by atoms with Crippen LogP contribution in [0.5, 0.6) is 5.75 Å². The fourth-order valence-corrected chi connectivity index (χ4v) is 3.09. The van der Waals surface area contributed by atoms with E-state index in [4.69, 9.17) is 4.74 Å². The van der Waals surface area contributed by atoms with Crippen molar-refractivity contribution in [1.82, 2.24) is 0 Å². The fraction of sp³-hybridized carbons (Fsp3) is 0.381. The summed E-state index contributed by atoms with van der Waals surface area (Å²) < 4.78 is 18.7. The normalized spacial score (nSPS) is 11.9. The minimum Gasteiger partial charge on any atom is -0.494 e. The summed E-state index contributed by atoms with van der Waals surface area (Å²) in [5, 5.41) is 3.07. The Kier molecular flexibility index (Phi) is 7.16. The number of rotatable bonds is 8. The van der Waals surface area contributed by atoms with Crippen LogP contribution in [0, 0.1) is 5.82 Å². The van der Waals surface area contributed by atoms with Crippen molar-refractivity contribution >= 4 is 11.6 Å². The van der Waals surface area contributed by atoms with Gasteiger partial charge in [-0.1, -0.05) is 32.0 Å². The molecule has 1 atom stereocenters. The van der Waals surface area contributed by atoms with Gasteiger partial charge in [-0.05, 0) is 42.2 Å². The molecule has 2 N–H and O–H groups in total. The van der Waals surface area contributed by atoms with Gasteiger partial charge in [0.25, 0.3) is 5.91 Å². The number of aryl methyl sites for hydroxylation is 2. The summed E-state index contributed by atoms with van der Waals surface area (Å²) in [7, 11) is 3.37. The van der Waals surface area contributed by atoms with Crippen molar-refractivity contribution in [2.24, 2.45) is 0 Å². The van der Waals surface area contributed by atoms with Crippen molar-refractivity contribution in [2.45, 2.75) is 33.2 Å². The van der Waals surface area contributed by atoms with Crippen LogP contribution < -0.4 is 15.0 Å². The number of nitrogens with one attached hydrogen (secondary N) is 2. The number of hydrogen-bond acceptors (Lipinski definition) is 2. The number of likely N-dealkylation sites (N-methyl/N-ethyl adjacent to an activating group) is 1. The van der Waals surface area contributed by atoms with Crippen LogP contribution in [0.15, 0.2) is 36.4 Å². The third kappa shape index (κ3) is 5.05. The zero-order chi connectivity index (χ0) is 19.1. The third-order valence-corrected chi connectivity index (χ3v) is 4.45. The van der Waals surface area contributed by atoms with E-state index in [9.17, 15) is 9.18 Å². The molecule has 4 nitrogen and oxygen atoms in total. The van der Waals surface area contributed by atoms with Gasteiger partial charge in [-0.15, -0.1) is 0 Å². The van der Waals surface area contributed by atoms with Gasteiger partial charge in [-0.3, -0.25) is 4.79 Å². The Labute approximate surface area is 155 Å². The van der Waals surface area contributed by atoms with Crippen molar-refractivity contribution in [3.05, 3.63) is 58.9 Å². The lowest BCUT2D eigenvalue weighted by atomic mass is 10.0. The summed E-state index contributed by atoms with van der Waals surface area (Å²) in [6.45, 7) is 5.04. The number of para-hydroxylation sites is 1. The van der Waals surface area contributed by atoms with Crippen molar-refractivity contribution in [2.75, 3.05) is 26.0 Å². The fourth-order valence-electron chi connectivity index (χ4n) is 3.09. The lowest BCUT2D eigenvalue weighted by Crippen LogP contribution is -3.08. The van der Waals surface area contributed by atoms with Crippen molar-refractivity contribution < 1.29 is 18.8 Å². The molecule has 0 saturated heterocycles. The molecule has 0 aliphatic carbocycles. The molecule has 0 aromatic heterocycles. The average molecular weight is 359 g/mol. The summed E-state index contributed by atoms with van der Waals surface area (Å²) >= 11 is 0. The largest absolute Gasteiger partial charge is 0.494 e. The van der Waals surface area contributed by atoms with E-state index >= 15 is 0 Å². The van der Waals surface area contributed by atoms with Gasteiger partial charge < -0.3 is 15.0 Å². The molecule has 1 unspecified atom stereocenters. The summed E-state index contributed by atoms with van der Waals surface area (Å²) in [6.07, 6.45) is 1.74. The van der Waals surface area contributed by atoms with Crippen LogP contribution in [0.3, 0.4) is 0 Å². The molecule has 0 aliphatic rings. The number of carbonyl (C=O) groups excluding carboxylic acids is 1. The molecule has 5 heteroatoms. The van der Waals surface area contributed by atoms with E-state index in [-0.39, 0.29) is 17.5 Å². The topological polar surface area (TPSA) is 42.8 Å². The highest BCUT2D eigenvalue weighted by Crippen LogP contribution is 2.22. The average Bonchev–Trinajstić information content (AvgIpc) is 2.61. The monoisotopic (exact) mass is 359 g/mol. The van der Waals surface area contributed by atoms with E-state index in [1.165, 1.54) is 13.2 Å². The van der Waals surface area contributed by atoms with Crippen molar-refractivity contribution in [3.63, 3.8) is 0 Å². The van der Waals surface area contributed by atoms with E-state index in [0.717, 1.165) is 40.1 Å². The van der Waals surface area contributed by atoms with E-state index in [1.807, 2.05) is 31.3 Å². The highest BCUT2D eigenvalue weighted by atomic mass is 19.1. The van der Waals surface area contributed by atoms with Crippen molar-refractivity contribution in [3.8, 4) is 5.75 Å². The molecule has 2 aromatic rings. The smallest absolute Gasteiger partial charge is 0.279 e. The predicted molar refractivity (Wildman–Crippen MR) is 102 cm³/mol. The molecule has 0 spiro atoms. The minimum atomic E-state index is -0.383. The summed E-state index contributed by atoms with van der Waals surface area (Å²) in [5.74, 6) is -0.189. The maximum absolute atomic E-state index is 13.8. The molecular formula is C21H28FN2O2+. The van der Waals surface area contributed by atoms with Gasteiger partial charge in [-0.25, -0.2) is 4.39 Å². The van der Waals surface area contributed by atoms with E-state index in [0.29, 0.717) is 13.1 Å². The molecule has 0 aliphatic heterocycles. The molecule has 2 aromatic carbocycles. The maximum atomic E-state index is 13.8. The van der Waals surface area contributed by atoms with E-state index in [2.05, 4.69) is 19.2 Å². The van der Waals surface area contributed by atoms with Gasteiger partial charge in [-0.2, -0.15) is 0 Å². The molecule has 0 fully saturated rings.